The second-order valence-corrected chi connectivity index (χ2v) is 4.28. The smallest absolute Gasteiger partial charge is 0.100 e. The Morgan fingerprint density at radius 2 is 1.92 bits per heavy atom. The van der Waals surface area contributed by atoms with Crippen LogP contribution in [0, 0.1) is 6.92 Å². The molecule has 0 amide bonds. The summed E-state index contributed by atoms with van der Waals surface area (Å²) in [5.74, 6) is 0. The average Bonchev–Trinajstić information content (AvgIpc) is 2.66. The third kappa shape index (κ3) is 0.864. The minimum Gasteiger partial charge on any atom is -0.305 e. The molecule has 0 radical (unpaired) electrons. The molecule has 0 aliphatic rings. The van der Waals surface area contributed by atoms with E-state index in [9.17, 15) is 0 Å². The number of nitrogens with zero attached hydrogens (tertiary/aromatic N) is 1. The molecule has 0 saturated heterocycles. The van der Waals surface area contributed by atoms with Crippen LogP contribution in [-0.2, 0) is 0 Å². The Morgan fingerprint density at radius 3 is 2.85 bits per heavy atom. The SMILES string of the molecule is Cc1ccc2sc3ccccc3n12. The summed E-state index contributed by atoms with van der Waals surface area (Å²) in [6, 6.07) is 12.9. The van der Waals surface area contributed by atoms with Gasteiger partial charge in [-0.05, 0) is 31.2 Å². The van der Waals surface area contributed by atoms with Gasteiger partial charge in [0.05, 0.1) is 10.2 Å². The van der Waals surface area contributed by atoms with E-state index in [1.807, 2.05) is 11.3 Å². The minimum atomic E-state index is 1.31. The molecule has 64 valence electrons. The number of para-hydroxylation sites is 1. The zero-order valence-corrected chi connectivity index (χ0v) is 8.14. The maximum atomic E-state index is 2.31. The zero-order valence-electron chi connectivity index (χ0n) is 7.32. The van der Waals surface area contributed by atoms with Crippen molar-refractivity contribution in [2.24, 2.45) is 0 Å². The first kappa shape index (κ1) is 7.15. The first-order valence-corrected chi connectivity index (χ1v) is 5.13. The second-order valence-electron chi connectivity index (χ2n) is 3.22. The van der Waals surface area contributed by atoms with Gasteiger partial charge in [0.2, 0.25) is 0 Å². The largest absolute Gasteiger partial charge is 0.305 e. The van der Waals surface area contributed by atoms with Crippen LogP contribution in [0.2, 0.25) is 0 Å². The van der Waals surface area contributed by atoms with Gasteiger partial charge in [0, 0.05) is 5.69 Å². The summed E-state index contributed by atoms with van der Waals surface area (Å²) in [7, 11) is 0. The zero-order chi connectivity index (χ0) is 8.84. The molecule has 13 heavy (non-hydrogen) atoms. The molecule has 0 saturated carbocycles. The van der Waals surface area contributed by atoms with Crippen LogP contribution in [0.4, 0.5) is 0 Å². The summed E-state index contributed by atoms with van der Waals surface area (Å²) in [5, 5.41) is 0. The molecule has 1 aromatic carbocycles. The van der Waals surface area contributed by atoms with Crippen molar-refractivity contribution in [3.63, 3.8) is 0 Å². The maximum absolute atomic E-state index is 2.31. The Morgan fingerprint density at radius 1 is 1.08 bits per heavy atom. The van der Waals surface area contributed by atoms with Gasteiger partial charge in [-0.1, -0.05) is 12.1 Å². The Hall–Kier alpha value is -1.28. The highest BCUT2D eigenvalue weighted by Gasteiger charge is 2.04. The van der Waals surface area contributed by atoms with Crippen molar-refractivity contribution in [2.45, 2.75) is 6.92 Å². The van der Waals surface area contributed by atoms with Crippen LogP contribution in [0.15, 0.2) is 36.4 Å². The molecular weight excluding hydrogens is 178 g/mol. The van der Waals surface area contributed by atoms with Gasteiger partial charge in [0.15, 0.2) is 0 Å². The van der Waals surface area contributed by atoms with Crippen molar-refractivity contribution < 1.29 is 0 Å². The van der Waals surface area contributed by atoms with Crippen LogP contribution in [0.25, 0.3) is 15.0 Å². The van der Waals surface area contributed by atoms with E-state index < -0.39 is 0 Å². The predicted octanol–water partition coefficient (Wildman–Crippen LogP) is 3.46. The normalized spacial score (nSPS) is 11.5. The number of hydrogen-bond donors (Lipinski definition) is 0. The lowest BCUT2D eigenvalue weighted by Crippen LogP contribution is -1.81. The fraction of sp³-hybridized carbons (Fsp3) is 0.0909. The first-order valence-electron chi connectivity index (χ1n) is 4.32. The molecule has 0 unspecified atom stereocenters. The Kier molecular flexibility index (Phi) is 1.30. The topological polar surface area (TPSA) is 4.41 Å². The molecule has 3 rings (SSSR count). The standard InChI is InChI=1S/C11H9NS/c1-8-6-7-11-12(8)9-4-2-3-5-10(9)13-11/h2-7H,1H3. The number of hydrogen-bond acceptors (Lipinski definition) is 1. The van der Waals surface area contributed by atoms with Gasteiger partial charge in [-0.15, -0.1) is 11.3 Å². The van der Waals surface area contributed by atoms with Crippen molar-refractivity contribution in [2.75, 3.05) is 0 Å². The van der Waals surface area contributed by atoms with Gasteiger partial charge in [0.1, 0.15) is 4.83 Å². The molecule has 2 aromatic heterocycles. The Bertz CT molecular complexity index is 574. The Balaban J connectivity index is 2.66. The van der Waals surface area contributed by atoms with Gasteiger partial charge in [-0.3, -0.25) is 0 Å². The second kappa shape index (κ2) is 2.36. The van der Waals surface area contributed by atoms with E-state index >= 15 is 0 Å². The lowest BCUT2D eigenvalue weighted by molar-refractivity contribution is 1.19. The van der Waals surface area contributed by atoms with E-state index in [1.54, 1.807) is 0 Å². The number of thiazole rings is 1. The van der Waals surface area contributed by atoms with Crippen LogP contribution in [0.5, 0.6) is 0 Å². The van der Waals surface area contributed by atoms with Crippen LogP contribution in [0.3, 0.4) is 0 Å². The predicted molar refractivity (Wildman–Crippen MR) is 57.5 cm³/mol. The van der Waals surface area contributed by atoms with E-state index in [-0.39, 0.29) is 0 Å². The third-order valence-electron chi connectivity index (χ3n) is 2.36. The maximum Gasteiger partial charge on any atom is 0.100 e. The molecule has 2 heterocycles. The van der Waals surface area contributed by atoms with Gasteiger partial charge in [-0.2, -0.15) is 0 Å². The summed E-state index contributed by atoms with van der Waals surface area (Å²) in [6.07, 6.45) is 0. The summed E-state index contributed by atoms with van der Waals surface area (Å²) < 4.78 is 3.67. The Labute approximate surface area is 80.2 Å². The molecule has 0 bridgehead atoms. The molecule has 2 heteroatoms. The molecule has 0 fully saturated rings. The van der Waals surface area contributed by atoms with Crippen LogP contribution < -0.4 is 0 Å². The highest BCUT2D eigenvalue weighted by molar-refractivity contribution is 7.23. The monoisotopic (exact) mass is 187 g/mol. The molecule has 0 atom stereocenters. The van der Waals surface area contributed by atoms with Crippen molar-refractivity contribution in [1.82, 2.24) is 4.40 Å². The van der Waals surface area contributed by atoms with Crippen molar-refractivity contribution in [3.05, 3.63) is 42.1 Å². The molecular formula is C11H9NS. The number of aromatic nitrogens is 1. The van der Waals surface area contributed by atoms with E-state index in [0.717, 1.165) is 0 Å². The van der Waals surface area contributed by atoms with E-state index in [4.69, 9.17) is 0 Å². The highest BCUT2D eigenvalue weighted by atomic mass is 32.1. The van der Waals surface area contributed by atoms with Gasteiger partial charge in [0.25, 0.3) is 0 Å². The third-order valence-corrected chi connectivity index (χ3v) is 3.45. The fourth-order valence-corrected chi connectivity index (χ4v) is 2.85. The van der Waals surface area contributed by atoms with Gasteiger partial charge < -0.3 is 4.40 Å². The summed E-state index contributed by atoms with van der Waals surface area (Å²) >= 11 is 1.85. The minimum absolute atomic E-state index is 1.31. The fourth-order valence-electron chi connectivity index (χ4n) is 1.74. The van der Waals surface area contributed by atoms with Crippen molar-refractivity contribution >= 4 is 26.4 Å². The quantitative estimate of drug-likeness (QED) is 0.507. The summed E-state index contributed by atoms with van der Waals surface area (Å²) in [5.41, 5.74) is 2.64. The lowest BCUT2D eigenvalue weighted by atomic mass is 10.3. The van der Waals surface area contributed by atoms with E-state index in [2.05, 4.69) is 47.7 Å². The van der Waals surface area contributed by atoms with E-state index in [0.29, 0.717) is 0 Å². The number of aryl methyl sites for hydroxylation is 1. The lowest BCUT2D eigenvalue weighted by Gasteiger charge is -1.92. The van der Waals surface area contributed by atoms with Gasteiger partial charge in [-0.25, -0.2) is 0 Å². The number of benzene rings is 1. The summed E-state index contributed by atoms with van der Waals surface area (Å²) in [4.78, 5) is 1.33. The number of rotatable bonds is 0. The van der Waals surface area contributed by atoms with Crippen LogP contribution in [0.1, 0.15) is 5.69 Å². The van der Waals surface area contributed by atoms with Crippen molar-refractivity contribution in [1.29, 1.82) is 0 Å². The van der Waals surface area contributed by atoms with Gasteiger partial charge >= 0.3 is 0 Å². The molecule has 0 aliphatic heterocycles. The molecule has 3 aromatic rings. The molecule has 0 aliphatic carbocycles. The van der Waals surface area contributed by atoms with E-state index in [1.165, 1.54) is 20.7 Å². The molecule has 0 spiro atoms. The molecule has 1 nitrogen and oxygen atoms in total. The first-order chi connectivity index (χ1) is 6.36. The highest BCUT2D eigenvalue weighted by Crippen LogP contribution is 2.27. The molecule has 0 N–H and O–H groups in total. The number of fused-ring (bicyclic) bond motifs is 3. The van der Waals surface area contributed by atoms with Crippen molar-refractivity contribution in [3.8, 4) is 0 Å². The van der Waals surface area contributed by atoms with Crippen LogP contribution in [-0.4, -0.2) is 4.40 Å². The average molecular weight is 187 g/mol. The summed E-state index contributed by atoms with van der Waals surface area (Å²) in [6.45, 7) is 2.14. The van der Waals surface area contributed by atoms with Crippen LogP contribution >= 0.6 is 11.3 Å².